The van der Waals surface area contributed by atoms with E-state index in [1.165, 1.54) is 7.11 Å². The Bertz CT molecular complexity index is 976. The number of methoxy groups -OCH3 is 1. The van der Waals surface area contributed by atoms with E-state index in [-0.39, 0.29) is 23.5 Å². The van der Waals surface area contributed by atoms with Crippen molar-refractivity contribution in [3.8, 4) is 5.75 Å². The zero-order valence-electron chi connectivity index (χ0n) is 15.3. The second-order valence-electron chi connectivity index (χ2n) is 5.61. The number of halogens is 1. The molecule has 1 heterocycles. The Hall–Kier alpha value is -3.04. The van der Waals surface area contributed by atoms with Gasteiger partial charge in [0.15, 0.2) is 6.61 Å². The van der Waals surface area contributed by atoms with E-state index in [1.807, 2.05) is 0 Å². The van der Waals surface area contributed by atoms with Gasteiger partial charge in [0.05, 0.1) is 18.4 Å². The molecule has 0 saturated heterocycles. The molecule has 150 valence electrons. The van der Waals surface area contributed by atoms with Crippen LogP contribution in [0.5, 0.6) is 5.75 Å². The molecule has 0 unspecified atom stereocenters. The van der Waals surface area contributed by atoms with Gasteiger partial charge in [-0.25, -0.2) is 4.79 Å². The number of carbonyl (C=O) groups is 2. The van der Waals surface area contributed by atoms with Crippen molar-refractivity contribution in [2.75, 3.05) is 18.2 Å². The largest absolute Gasteiger partial charge is 0.484 e. The number of carbonyl (C=O) groups excluding carboxylic acids is 2. The molecule has 0 aliphatic carbocycles. The van der Waals surface area contributed by atoms with Gasteiger partial charge < -0.3 is 19.2 Å². The molecule has 3 rings (SSSR count). The van der Waals surface area contributed by atoms with Crippen molar-refractivity contribution in [2.45, 2.75) is 11.8 Å². The number of benzene rings is 2. The van der Waals surface area contributed by atoms with Gasteiger partial charge in [0.1, 0.15) is 5.75 Å². The SMILES string of the molecule is COC(=O)c1ccc(NC(=O)CSc2nnc(COc3ccc(Cl)cc3)o2)cc1. The van der Waals surface area contributed by atoms with Crippen LogP contribution in [0.2, 0.25) is 5.02 Å². The average Bonchev–Trinajstić information content (AvgIpc) is 3.20. The molecule has 2 aromatic carbocycles. The van der Waals surface area contributed by atoms with Gasteiger partial charge in [0.2, 0.25) is 5.91 Å². The van der Waals surface area contributed by atoms with Crippen LogP contribution in [0, 0.1) is 0 Å². The molecular formula is C19H16ClN3O5S. The van der Waals surface area contributed by atoms with E-state index in [0.29, 0.717) is 27.9 Å². The van der Waals surface area contributed by atoms with Crippen molar-refractivity contribution in [1.82, 2.24) is 10.2 Å². The molecule has 0 bridgehead atoms. The molecule has 0 saturated carbocycles. The highest BCUT2D eigenvalue weighted by atomic mass is 35.5. The highest BCUT2D eigenvalue weighted by Crippen LogP contribution is 2.19. The van der Waals surface area contributed by atoms with Gasteiger partial charge in [0, 0.05) is 10.7 Å². The normalized spacial score (nSPS) is 10.4. The van der Waals surface area contributed by atoms with Crippen LogP contribution in [-0.4, -0.2) is 34.9 Å². The molecule has 0 aliphatic rings. The first-order chi connectivity index (χ1) is 14.0. The fraction of sp³-hybridized carbons (Fsp3) is 0.158. The maximum Gasteiger partial charge on any atom is 0.337 e. The van der Waals surface area contributed by atoms with E-state index < -0.39 is 5.97 Å². The first-order valence-electron chi connectivity index (χ1n) is 8.35. The second-order valence-corrected chi connectivity index (χ2v) is 6.97. The van der Waals surface area contributed by atoms with E-state index in [2.05, 4.69) is 20.3 Å². The summed E-state index contributed by atoms with van der Waals surface area (Å²) in [5.74, 6) is 0.308. The summed E-state index contributed by atoms with van der Waals surface area (Å²) in [6.07, 6.45) is 0. The average molecular weight is 434 g/mol. The topological polar surface area (TPSA) is 104 Å². The second kappa shape index (κ2) is 9.94. The molecule has 10 heteroatoms. The highest BCUT2D eigenvalue weighted by Gasteiger charge is 2.11. The number of hydrogen-bond acceptors (Lipinski definition) is 8. The van der Waals surface area contributed by atoms with Crippen molar-refractivity contribution in [3.63, 3.8) is 0 Å². The van der Waals surface area contributed by atoms with Crippen molar-refractivity contribution >= 4 is 40.9 Å². The molecule has 0 spiro atoms. The number of anilines is 1. The Morgan fingerprint density at radius 3 is 2.52 bits per heavy atom. The Labute approximate surface area is 175 Å². The molecule has 0 atom stereocenters. The number of hydrogen-bond donors (Lipinski definition) is 1. The van der Waals surface area contributed by atoms with E-state index in [4.69, 9.17) is 20.8 Å². The van der Waals surface area contributed by atoms with Gasteiger partial charge in [-0.15, -0.1) is 10.2 Å². The maximum absolute atomic E-state index is 12.1. The quantitative estimate of drug-likeness (QED) is 0.422. The predicted molar refractivity (Wildman–Crippen MR) is 107 cm³/mol. The van der Waals surface area contributed by atoms with Crippen LogP contribution in [0.25, 0.3) is 0 Å². The minimum Gasteiger partial charge on any atom is -0.484 e. The van der Waals surface area contributed by atoms with Crippen LogP contribution in [0.15, 0.2) is 58.2 Å². The smallest absolute Gasteiger partial charge is 0.337 e. The number of nitrogens with zero attached hydrogens (tertiary/aromatic N) is 2. The van der Waals surface area contributed by atoms with Crippen molar-refractivity contribution < 1.29 is 23.5 Å². The van der Waals surface area contributed by atoms with Crippen LogP contribution in [0.3, 0.4) is 0 Å². The van der Waals surface area contributed by atoms with E-state index in [9.17, 15) is 9.59 Å². The molecule has 0 aliphatic heterocycles. The summed E-state index contributed by atoms with van der Waals surface area (Å²) in [5.41, 5.74) is 0.963. The number of aromatic nitrogens is 2. The number of ether oxygens (including phenoxy) is 2. The fourth-order valence-corrected chi connectivity index (χ4v) is 2.87. The molecule has 0 fully saturated rings. The molecule has 1 amide bonds. The van der Waals surface area contributed by atoms with Crippen molar-refractivity contribution in [1.29, 1.82) is 0 Å². The maximum atomic E-state index is 12.1. The lowest BCUT2D eigenvalue weighted by atomic mass is 10.2. The molecule has 8 nitrogen and oxygen atoms in total. The third kappa shape index (κ3) is 6.23. The third-order valence-electron chi connectivity index (χ3n) is 3.54. The number of rotatable bonds is 8. The monoisotopic (exact) mass is 433 g/mol. The zero-order chi connectivity index (χ0) is 20.6. The fourth-order valence-electron chi connectivity index (χ4n) is 2.16. The lowest BCUT2D eigenvalue weighted by molar-refractivity contribution is -0.113. The number of esters is 1. The minimum atomic E-state index is -0.439. The van der Waals surface area contributed by atoms with E-state index >= 15 is 0 Å². The van der Waals surface area contributed by atoms with Crippen molar-refractivity contribution in [3.05, 3.63) is 65.0 Å². The van der Waals surface area contributed by atoms with Crippen LogP contribution in [-0.2, 0) is 16.1 Å². The van der Waals surface area contributed by atoms with Gasteiger partial charge in [-0.3, -0.25) is 4.79 Å². The molecule has 1 aromatic heterocycles. The van der Waals surface area contributed by atoms with Crippen LogP contribution >= 0.6 is 23.4 Å². The Balaban J connectivity index is 1.44. The summed E-state index contributed by atoms with van der Waals surface area (Å²) >= 11 is 6.92. The van der Waals surface area contributed by atoms with E-state index in [1.54, 1.807) is 48.5 Å². The lowest BCUT2D eigenvalue weighted by Crippen LogP contribution is -2.14. The Morgan fingerprint density at radius 1 is 1.10 bits per heavy atom. The van der Waals surface area contributed by atoms with Crippen LogP contribution in [0.1, 0.15) is 16.2 Å². The molecular weight excluding hydrogens is 418 g/mol. The summed E-state index contributed by atoms with van der Waals surface area (Å²) in [6.45, 7) is 0.105. The number of amides is 1. The minimum absolute atomic E-state index is 0.0818. The van der Waals surface area contributed by atoms with Crippen molar-refractivity contribution in [2.24, 2.45) is 0 Å². The number of thioether (sulfide) groups is 1. The standard InChI is InChI=1S/C19H16ClN3O5S/c1-26-18(25)12-2-6-14(7-3-12)21-16(24)11-29-19-23-22-17(28-19)10-27-15-8-4-13(20)5-9-15/h2-9H,10-11H2,1H3,(H,21,24). The van der Waals surface area contributed by atoms with E-state index in [0.717, 1.165) is 11.8 Å². The molecule has 29 heavy (non-hydrogen) atoms. The predicted octanol–water partition coefficient (Wildman–Crippen LogP) is 3.82. The first-order valence-corrected chi connectivity index (χ1v) is 9.71. The summed E-state index contributed by atoms with van der Waals surface area (Å²) in [6, 6.07) is 13.3. The zero-order valence-corrected chi connectivity index (χ0v) is 16.8. The Kier molecular flexibility index (Phi) is 7.09. The summed E-state index contributed by atoms with van der Waals surface area (Å²) in [7, 11) is 1.31. The highest BCUT2D eigenvalue weighted by molar-refractivity contribution is 7.99. The molecule has 0 radical (unpaired) electrons. The Morgan fingerprint density at radius 2 is 1.83 bits per heavy atom. The van der Waals surface area contributed by atoms with Gasteiger partial charge in [0.25, 0.3) is 11.1 Å². The van der Waals surface area contributed by atoms with Gasteiger partial charge >= 0.3 is 5.97 Å². The molecule has 3 aromatic rings. The lowest BCUT2D eigenvalue weighted by Gasteiger charge is -2.05. The first kappa shape index (κ1) is 20.7. The summed E-state index contributed by atoms with van der Waals surface area (Å²) in [5, 5.41) is 11.4. The van der Waals surface area contributed by atoms with Gasteiger partial charge in [-0.2, -0.15) is 0 Å². The van der Waals surface area contributed by atoms with Gasteiger partial charge in [-0.1, -0.05) is 23.4 Å². The van der Waals surface area contributed by atoms with Gasteiger partial charge in [-0.05, 0) is 48.5 Å². The summed E-state index contributed by atoms with van der Waals surface area (Å²) in [4.78, 5) is 23.5. The number of nitrogens with one attached hydrogen (secondary N) is 1. The molecule has 1 N–H and O–H groups in total. The van der Waals surface area contributed by atoms with Crippen LogP contribution < -0.4 is 10.1 Å². The van der Waals surface area contributed by atoms with Crippen LogP contribution in [0.4, 0.5) is 5.69 Å². The third-order valence-corrected chi connectivity index (χ3v) is 4.61. The summed E-state index contributed by atoms with van der Waals surface area (Å²) < 4.78 is 15.6.